The predicted octanol–water partition coefficient (Wildman–Crippen LogP) is 3.01. The number of hydrogen-bond acceptors (Lipinski definition) is 2. The van der Waals surface area contributed by atoms with Gasteiger partial charge in [0.25, 0.3) is 0 Å². The number of aromatic nitrogens is 1. The van der Waals surface area contributed by atoms with Crippen LogP contribution in [-0.4, -0.2) is 4.98 Å². The van der Waals surface area contributed by atoms with Crippen molar-refractivity contribution in [3.05, 3.63) is 23.5 Å². The van der Waals surface area contributed by atoms with Crippen molar-refractivity contribution >= 4 is 30.1 Å². The SMILES string of the molecule is ISc1cnc2c(c1)CCC2. The van der Waals surface area contributed by atoms with Crippen LogP contribution in [0, 0.1) is 0 Å². The fourth-order valence-electron chi connectivity index (χ4n) is 1.45. The molecule has 0 radical (unpaired) electrons. The maximum atomic E-state index is 4.40. The average Bonchev–Trinajstić information content (AvgIpc) is 2.50. The van der Waals surface area contributed by atoms with E-state index in [0.29, 0.717) is 0 Å². The lowest BCUT2D eigenvalue weighted by molar-refractivity contribution is 0.899. The molecule has 1 aliphatic rings. The summed E-state index contributed by atoms with van der Waals surface area (Å²) in [5.74, 6) is 0. The van der Waals surface area contributed by atoms with Crippen LogP contribution >= 0.6 is 30.1 Å². The zero-order valence-electron chi connectivity index (χ0n) is 6.01. The van der Waals surface area contributed by atoms with Crippen LogP contribution in [0.5, 0.6) is 0 Å². The van der Waals surface area contributed by atoms with Crippen molar-refractivity contribution in [2.75, 3.05) is 0 Å². The summed E-state index contributed by atoms with van der Waals surface area (Å²) in [5, 5.41) is 0. The number of hydrogen-bond donors (Lipinski definition) is 0. The molecule has 1 aromatic heterocycles. The van der Waals surface area contributed by atoms with Gasteiger partial charge in [-0.1, -0.05) is 8.93 Å². The molecular weight excluding hydrogens is 269 g/mol. The molecule has 0 saturated carbocycles. The zero-order chi connectivity index (χ0) is 7.68. The van der Waals surface area contributed by atoms with Crippen LogP contribution in [0.15, 0.2) is 17.2 Å². The molecule has 0 aliphatic heterocycles. The van der Waals surface area contributed by atoms with Gasteiger partial charge in [0.1, 0.15) is 0 Å². The molecule has 0 N–H and O–H groups in total. The molecule has 11 heavy (non-hydrogen) atoms. The van der Waals surface area contributed by atoms with Gasteiger partial charge in [0, 0.05) is 38.0 Å². The van der Waals surface area contributed by atoms with Gasteiger partial charge in [-0.05, 0) is 30.9 Å². The standard InChI is InChI=1S/C8H8INS/c9-11-7-4-6-2-1-3-8(6)10-5-7/h4-5H,1-3H2. The summed E-state index contributed by atoms with van der Waals surface area (Å²) in [5.41, 5.74) is 2.78. The van der Waals surface area contributed by atoms with E-state index in [4.69, 9.17) is 0 Å². The summed E-state index contributed by atoms with van der Waals surface area (Å²) in [4.78, 5) is 5.69. The van der Waals surface area contributed by atoms with Gasteiger partial charge in [-0.15, -0.1) is 0 Å². The van der Waals surface area contributed by atoms with E-state index in [0.717, 1.165) is 0 Å². The summed E-state index contributed by atoms with van der Waals surface area (Å²) in [6, 6.07) is 2.27. The van der Waals surface area contributed by atoms with Crippen LogP contribution in [0.25, 0.3) is 0 Å². The van der Waals surface area contributed by atoms with E-state index >= 15 is 0 Å². The van der Waals surface area contributed by atoms with Gasteiger partial charge in [0.15, 0.2) is 0 Å². The van der Waals surface area contributed by atoms with Gasteiger partial charge in [-0.3, -0.25) is 4.98 Å². The Balaban J connectivity index is 2.41. The molecular formula is C8H8INS. The van der Waals surface area contributed by atoms with Gasteiger partial charge in [-0.2, -0.15) is 0 Å². The highest BCUT2D eigenvalue weighted by atomic mass is 127. The first-order valence-electron chi connectivity index (χ1n) is 3.66. The molecule has 0 amide bonds. The van der Waals surface area contributed by atoms with E-state index in [-0.39, 0.29) is 0 Å². The number of aryl methyl sites for hydroxylation is 2. The third-order valence-corrected chi connectivity index (χ3v) is 3.91. The molecule has 0 aromatic carbocycles. The lowest BCUT2D eigenvalue weighted by Crippen LogP contribution is -1.86. The average molecular weight is 277 g/mol. The molecule has 1 heterocycles. The molecule has 1 aromatic rings. The fourth-order valence-corrected chi connectivity index (χ4v) is 2.45. The normalized spacial score (nSPS) is 15.0. The third kappa shape index (κ3) is 1.54. The molecule has 0 spiro atoms. The first-order chi connectivity index (χ1) is 5.40. The van der Waals surface area contributed by atoms with E-state index in [9.17, 15) is 0 Å². The van der Waals surface area contributed by atoms with Gasteiger partial charge in [0.2, 0.25) is 0 Å². The van der Waals surface area contributed by atoms with Crippen molar-refractivity contribution in [1.29, 1.82) is 0 Å². The van der Waals surface area contributed by atoms with Gasteiger partial charge >= 0.3 is 0 Å². The minimum absolute atomic E-state index is 1.18. The molecule has 1 nitrogen and oxygen atoms in total. The number of halogens is 1. The Labute approximate surface area is 82.6 Å². The summed E-state index contributed by atoms with van der Waals surface area (Å²) in [7, 11) is 1.74. The van der Waals surface area contributed by atoms with Crippen molar-refractivity contribution in [3.8, 4) is 0 Å². The molecule has 2 rings (SSSR count). The maximum Gasteiger partial charge on any atom is 0.0436 e. The highest BCUT2D eigenvalue weighted by Gasteiger charge is 2.11. The Morgan fingerprint density at radius 1 is 1.45 bits per heavy atom. The molecule has 0 unspecified atom stereocenters. The Hall–Kier alpha value is 0.230. The fraction of sp³-hybridized carbons (Fsp3) is 0.375. The second-order valence-corrected chi connectivity index (χ2v) is 4.65. The molecule has 0 atom stereocenters. The van der Waals surface area contributed by atoms with Crippen molar-refractivity contribution in [3.63, 3.8) is 0 Å². The maximum absolute atomic E-state index is 4.40. The first kappa shape index (κ1) is 7.86. The topological polar surface area (TPSA) is 12.9 Å². The van der Waals surface area contributed by atoms with Gasteiger partial charge in [-0.25, -0.2) is 0 Å². The largest absolute Gasteiger partial charge is 0.260 e. The van der Waals surface area contributed by atoms with Crippen LogP contribution in [0.4, 0.5) is 0 Å². The molecule has 3 heteroatoms. The van der Waals surface area contributed by atoms with E-state index in [1.54, 1.807) is 8.93 Å². The molecule has 1 aliphatic carbocycles. The summed E-state index contributed by atoms with van der Waals surface area (Å²) in [6.07, 6.45) is 5.67. The minimum atomic E-state index is 1.18. The van der Waals surface area contributed by atoms with E-state index in [2.05, 4.69) is 32.3 Å². The number of rotatable bonds is 1. The Bertz CT molecular complexity index is 275. The lowest BCUT2D eigenvalue weighted by atomic mass is 10.2. The van der Waals surface area contributed by atoms with Crippen LogP contribution in [0.3, 0.4) is 0 Å². The van der Waals surface area contributed by atoms with E-state index in [1.807, 2.05) is 6.20 Å². The van der Waals surface area contributed by atoms with Gasteiger partial charge < -0.3 is 0 Å². The minimum Gasteiger partial charge on any atom is -0.260 e. The predicted molar refractivity (Wildman–Crippen MR) is 56.1 cm³/mol. The quantitative estimate of drug-likeness (QED) is 0.732. The molecule has 58 valence electrons. The molecule has 0 bridgehead atoms. The second kappa shape index (κ2) is 3.31. The van der Waals surface area contributed by atoms with Gasteiger partial charge in [0.05, 0.1) is 0 Å². The number of fused-ring (bicyclic) bond motifs is 1. The lowest BCUT2D eigenvalue weighted by Gasteiger charge is -1.98. The van der Waals surface area contributed by atoms with Crippen molar-refractivity contribution in [2.24, 2.45) is 0 Å². The summed E-state index contributed by atoms with van der Waals surface area (Å²) >= 11 is 2.30. The second-order valence-electron chi connectivity index (χ2n) is 2.71. The number of nitrogens with zero attached hydrogens (tertiary/aromatic N) is 1. The van der Waals surface area contributed by atoms with Crippen LogP contribution < -0.4 is 0 Å². The van der Waals surface area contributed by atoms with Crippen LogP contribution in [0.2, 0.25) is 0 Å². The summed E-state index contributed by atoms with van der Waals surface area (Å²) < 4.78 is 0. The van der Waals surface area contributed by atoms with E-state index in [1.165, 1.54) is 35.4 Å². The highest BCUT2D eigenvalue weighted by molar-refractivity contribution is 14.2. The first-order valence-corrected chi connectivity index (χ1v) is 7.02. The van der Waals surface area contributed by atoms with Crippen molar-refractivity contribution in [1.82, 2.24) is 4.98 Å². The Kier molecular flexibility index (Phi) is 2.36. The van der Waals surface area contributed by atoms with Crippen LogP contribution in [-0.2, 0) is 12.8 Å². The summed E-state index contributed by atoms with van der Waals surface area (Å²) in [6.45, 7) is 0. The Morgan fingerprint density at radius 2 is 2.36 bits per heavy atom. The smallest absolute Gasteiger partial charge is 0.0436 e. The number of pyridine rings is 1. The zero-order valence-corrected chi connectivity index (χ0v) is 8.98. The van der Waals surface area contributed by atoms with Crippen molar-refractivity contribution < 1.29 is 0 Å². The Morgan fingerprint density at radius 3 is 3.18 bits per heavy atom. The molecule has 0 fully saturated rings. The van der Waals surface area contributed by atoms with E-state index < -0.39 is 0 Å². The highest BCUT2D eigenvalue weighted by Crippen LogP contribution is 2.28. The third-order valence-electron chi connectivity index (χ3n) is 1.98. The van der Waals surface area contributed by atoms with Crippen molar-refractivity contribution in [2.45, 2.75) is 24.2 Å². The van der Waals surface area contributed by atoms with Crippen LogP contribution in [0.1, 0.15) is 17.7 Å². The molecule has 0 saturated heterocycles. The monoisotopic (exact) mass is 277 g/mol.